The number of benzene rings is 1. The molecule has 1 aliphatic heterocycles. The molecular formula is C11H14BrNO. The summed E-state index contributed by atoms with van der Waals surface area (Å²) >= 11 is 3.46. The van der Waals surface area contributed by atoms with Crippen molar-refractivity contribution in [1.29, 1.82) is 0 Å². The Balaban J connectivity index is 2.21. The molecule has 76 valence electrons. The highest BCUT2D eigenvalue weighted by Crippen LogP contribution is 2.30. The predicted molar refractivity (Wildman–Crippen MR) is 60.1 cm³/mol. The van der Waals surface area contributed by atoms with Gasteiger partial charge in [-0.2, -0.15) is 0 Å². The van der Waals surface area contributed by atoms with E-state index in [4.69, 9.17) is 0 Å². The van der Waals surface area contributed by atoms with E-state index in [1.54, 1.807) is 0 Å². The fourth-order valence-corrected chi connectivity index (χ4v) is 2.46. The highest BCUT2D eigenvalue weighted by Gasteiger charge is 2.27. The van der Waals surface area contributed by atoms with Gasteiger partial charge in [-0.15, -0.1) is 0 Å². The van der Waals surface area contributed by atoms with Gasteiger partial charge in [-0.25, -0.2) is 0 Å². The van der Waals surface area contributed by atoms with Crippen molar-refractivity contribution >= 4 is 15.9 Å². The van der Waals surface area contributed by atoms with E-state index in [-0.39, 0.29) is 6.61 Å². The lowest BCUT2D eigenvalue weighted by Crippen LogP contribution is -2.19. The van der Waals surface area contributed by atoms with Crippen molar-refractivity contribution in [1.82, 2.24) is 5.32 Å². The van der Waals surface area contributed by atoms with Crippen LogP contribution in [0, 0.1) is 5.92 Å². The quantitative estimate of drug-likeness (QED) is 0.849. The van der Waals surface area contributed by atoms with Crippen LogP contribution in [0.3, 0.4) is 0 Å². The van der Waals surface area contributed by atoms with Crippen LogP contribution in [-0.4, -0.2) is 18.3 Å². The Morgan fingerprint density at radius 2 is 2.36 bits per heavy atom. The van der Waals surface area contributed by atoms with E-state index >= 15 is 0 Å². The van der Waals surface area contributed by atoms with E-state index in [2.05, 4.69) is 33.4 Å². The molecule has 2 atom stereocenters. The highest BCUT2D eigenvalue weighted by molar-refractivity contribution is 9.10. The largest absolute Gasteiger partial charge is 0.396 e. The van der Waals surface area contributed by atoms with Gasteiger partial charge in [0.1, 0.15) is 0 Å². The summed E-state index contributed by atoms with van der Waals surface area (Å²) in [4.78, 5) is 0. The predicted octanol–water partition coefficient (Wildman–Crippen LogP) is 2.09. The van der Waals surface area contributed by atoms with Crippen molar-refractivity contribution in [3.8, 4) is 0 Å². The number of aliphatic hydroxyl groups is 1. The molecule has 1 saturated heterocycles. The Kier molecular flexibility index (Phi) is 3.21. The maximum atomic E-state index is 9.22. The fourth-order valence-electron chi connectivity index (χ4n) is 2.04. The third-order valence-corrected chi connectivity index (χ3v) is 3.29. The molecule has 0 bridgehead atoms. The van der Waals surface area contributed by atoms with Gasteiger partial charge in [-0.05, 0) is 30.7 Å². The molecule has 1 heterocycles. The fraction of sp³-hybridized carbons (Fsp3) is 0.455. The van der Waals surface area contributed by atoms with Gasteiger partial charge >= 0.3 is 0 Å². The van der Waals surface area contributed by atoms with Crippen LogP contribution in [0.4, 0.5) is 0 Å². The first kappa shape index (κ1) is 10.1. The van der Waals surface area contributed by atoms with Gasteiger partial charge in [-0.3, -0.25) is 0 Å². The Hall–Kier alpha value is -0.380. The number of nitrogens with one attached hydrogen (secondary N) is 1. The maximum absolute atomic E-state index is 9.22. The van der Waals surface area contributed by atoms with Crippen LogP contribution < -0.4 is 5.32 Å². The molecule has 0 spiro atoms. The van der Waals surface area contributed by atoms with Crippen LogP contribution in [0.1, 0.15) is 18.0 Å². The lowest BCUT2D eigenvalue weighted by molar-refractivity contribution is 0.214. The van der Waals surface area contributed by atoms with Crippen LogP contribution in [0.5, 0.6) is 0 Å². The van der Waals surface area contributed by atoms with Crippen LogP contribution in [-0.2, 0) is 0 Å². The molecule has 1 aromatic carbocycles. The molecule has 0 amide bonds. The summed E-state index contributed by atoms with van der Waals surface area (Å²) in [6, 6.07) is 8.60. The van der Waals surface area contributed by atoms with Crippen molar-refractivity contribution in [3.63, 3.8) is 0 Å². The van der Waals surface area contributed by atoms with Crippen molar-refractivity contribution in [2.45, 2.75) is 12.5 Å². The Morgan fingerprint density at radius 3 is 3.07 bits per heavy atom. The molecular weight excluding hydrogens is 242 g/mol. The van der Waals surface area contributed by atoms with Gasteiger partial charge in [0.05, 0.1) is 0 Å². The van der Waals surface area contributed by atoms with Crippen LogP contribution >= 0.6 is 15.9 Å². The second-order valence-electron chi connectivity index (χ2n) is 3.72. The van der Waals surface area contributed by atoms with E-state index in [1.807, 2.05) is 12.1 Å². The van der Waals surface area contributed by atoms with E-state index in [0.717, 1.165) is 17.4 Å². The second kappa shape index (κ2) is 4.43. The van der Waals surface area contributed by atoms with E-state index in [1.165, 1.54) is 5.56 Å². The summed E-state index contributed by atoms with van der Waals surface area (Å²) in [5.41, 5.74) is 1.26. The minimum absolute atomic E-state index is 0.268. The summed E-state index contributed by atoms with van der Waals surface area (Å²) in [5, 5.41) is 12.6. The van der Waals surface area contributed by atoms with Gasteiger partial charge < -0.3 is 10.4 Å². The van der Waals surface area contributed by atoms with Crippen LogP contribution in [0.15, 0.2) is 28.7 Å². The van der Waals surface area contributed by atoms with Gasteiger partial charge in [-0.1, -0.05) is 28.1 Å². The number of aliphatic hydroxyl groups excluding tert-OH is 1. The first-order valence-corrected chi connectivity index (χ1v) is 5.70. The number of halogens is 1. The van der Waals surface area contributed by atoms with Crippen LogP contribution in [0.25, 0.3) is 0 Å². The average Bonchev–Trinajstić information content (AvgIpc) is 2.65. The van der Waals surface area contributed by atoms with E-state index in [0.29, 0.717) is 12.0 Å². The number of hydrogen-bond acceptors (Lipinski definition) is 2. The second-order valence-corrected chi connectivity index (χ2v) is 4.63. The number of hydrogen-bond donors (Lipinski definition) is 2. The Morgan fingerprint density at radius 1 is 1.50 bits per heavy atom. The van der Waals surface area contributed by atoms with E-state index < -0.39 is 0 Å². The van der Waals surface area contributed by atoms with Crippen molar-refractivity contribution in [2.24, 2.45) is 5.92 Å². The normalized spacial score (nSPS) is 26.7. The molecule has 14 heavy (non-hydrogen) atoms. The van der Waals surface area contributed by atoms with E-state index in [9.17, 15) is 5.11 Å². The third kappa shape index (κ3) is 2.00. The SMILES string of the molecule is OC[C@@H]1CCN[C@@H]1c1cccc(Br)c1. The molecule has 2 nitrogen and oxygen atoms in total. The summed E-state index contributed by atoms with van der Waals surface area (Å²) in [7, 11) is 0. The maximum Gasteiger partial charge on any atom is 0.0477 e. The first-order valence-electron chi connectivity index (χ1n) is 4.91. The Bertz CT molecular complexity index is 316. The molecule has 1 fully saturated rings. The van der Waals surface area contributed by atoms with Gasteiger partial charge in [0.15, 0.2) is 0 Å². The van der Waals surface area contributed by atoms with Crippen molar-refractivity contribution in [2.75, 3.05) is 13.2 Å². The zero-order valence-electron chi connectivity index (χ0n) is 7.91. The zero-order chi connectivity index (χ0) is 9.97. The number of rotatable bonds is 2. The minimum Gasteiger partial charge on any atom is -0.396 e. The molecule has 0 radical (unpaired) electrons. The van der Waals surface area contributed by atoms with Crippen molar-refractivity contribution in [3.05, 3.63) is 34.3 Å². The molecule has 3 heteroatoms. The first-order chi connectivity index (χ1) is 6.81. The van der Waals surface area contributed by atoms with Crippen molar-refractivity contribution < 1.29 is 5.11 Å². The molecule has 1 aromatic rings. The summed E-state index contributed by atoms with van der Waals surface area (Å²) in [6.45, 7) is 1.27. The summed E-state index contributed by atoms with van der Waals surface area (Å²) in [6.07, 6.45) is 1.06. The standard InChI is InChI=1S/C11H14BrNO/c12-10-3-1-2-8(6-10)11-9(7-14)4-5-13-11/h1-3,6,9,11,13-14H,4-5,7H2/t9-,11+/m0/s1. The molecule has 0 aliphatic carbocycles. The molecule has 0 unspecified atom stereocenters. The molecule has 1 aliphatic rings. The monoisotopic (exact) mass is 255 g/mol. The zero-order valence-corrected chi connectivity index (χ0v) is 9.50. The molecule has 2 N–H and O–H groups in total. The van der Waals surface area contributed by atoms with Gasteiger partial charge in [0.2, 0.25) is 0 Å². The Labute approximate surface area is 92.5 Å². The van der Waals surface area contributed by atoms with Crippen LogP contribution in [0.2, 0.25) is 0 Å². The summed E-state index contributed by atoms with van der Waals surface area (Å²) < 4.78 is 1.10. The molecule has 0 aromatic heterocycles. The smallest absolute Gasteiger partial charge is 0.0477 e. The topological polar surface area (TPSA) is 32.3 Å². The third-order valence-electron chi connectivity index (χ3n) is 2.79. The summed E-state index contributed by atoms with van der Waals surface area (Å²) in [5.74, 6) is 0.365. The van der Waals surface area contributed by atoms with Gasteiger partial charge in [0.25, 0.3) is 0 Å². The lowest BCUT2D eigenvalue weighted by Gasteiger charge is -2.17. The minimum atomic E-state index is 0.268. The highest BCUT2D eigenvalue weighted by atomic mass is 79.9. The molecule has 0 saturated carbocycles. The lowest BCUT2D eigenvalue weighted by atomic mass is 9.95. The molecule has 2 rings (SSSR count). The average molecular weight is 256 g/mol. The van der Waals surface area contributed by atoms with Gasteiger partial charge in [0, 0.05) is 23.0 Å².